The molecule has 0 aliphatic heterocycles. The minimum absolute atomic E-state index is 0.312. The smallest absolute Gasteiger partial charge is 0.331 e. The third-order valence-corrected chi connectivity index (χ3v) is 3.92. The summed E-state index contributed by atoms with van der Waals surface area (Å²) in [5.41, 5.74) is 2.53. The summed E-state index contributed by atoms with van der Waals surface area (Å²) in [6.45, 7) is 1.61. The average molecular weight is 369 g/mol. The molecule has 0 aliphatic rings. The van der Waals surface area contributed by atoms with Gasteiger partial charge in [-0.3, -0.25) is 4.79 Å². The van der Waals surface area contributed by atoms with Gasteiger partial charge in [-0.25, -0.2) is 4.79 Å². The van der Waals surface area contributed by atoms with Gasteiger partial charge >= 0.3 is 5.97 Å². The summed E-state index contributed by atoms with van der Waals surface area (Å²) >= 11 is 0. The van der Waals surface area contributed by atoms with Crippen LogP contribution in [0.5, 0.6) is 11.5 Å². The second-order valence-corrected chi connectivity index (χ2v) is 5.85. The Kier molecular flexibility index (Phi) is 7.00. The van der Waals surface area contributed by atoms with Crippen LogP contribution in [-0.2, 0) is 14.3 Å². The van der Waals surface area contributed by atoms with E-state index in [2.05, 4.69) is 0 Å². The van der Waals surface area contributed by atoms with Crippen LogP contribution in [0, 0.1) is 6.92 Å². The van der Waals surface area contributed by atoms with Gasteiger partial charge < -0.3 is 19.1 Å². The van der Waals surface area contributed by atoms with Gasteiger partial charge in [0.05, 0.1) is 14.2 Å². The lowest BCUT2D eigenvalue weighted by Gasteiger charge is -2.17. The summed E-state index contributed by atoms with van der Waals surface area (Å²) < 4.78 is 15.4. The lowest BCUT2D eigenvalue weighted by Crippen LogP contribution is -2.30. The van der Waals surface area contributed by atoms with Crippen molar-refractivity contribution >= 4 is 23.6 Å². The average Bonchev–Trinajstić information content (AvgIpc) is 2.69. The van der Waals surface area contributed by atoms with Crippen molar-refractivity contribution in [2.75, 3.05) is 32.8 Å². The van der Waals surface area contributed by atoms with Crippen molar-refractivity contribution in [3.05, 3.63) is 59.7 Å². The third-order valence-electron chi connectivity index (χ3n) is 3.92. The summed E-state index contributed by atoms with van der Waals surface area (Å²) in [6, 6.07) is 12.8. The topological polar surface area (TPSA) is 65.1 Å². The van der Waals surface area contributed by atoms with Gasteiger partial charge in [-0.2, -0.15) is 0 Å². The van der Waals surface area contributed by atoms with Gasteiger partial charge in [0.2, 0.25) is 0 Å². The number of amides is 1. The van der Waals surface area contributed by atoms with E-state index in [9.17, 15) is 9.59 Å². The molecule has 2 aromatic carbocycles. The van der Waals surface area contributed by atoms with E-state index in [0.717, 1.165) is 16.8 Å². The summed E-state index contributed by atoms with van der Waals surface area (Å²) in [7, 11) is 4.73. The lowest BCUT2D eigenvalue weighted by atomic mass is 10.2. The van der Waals surface area contributed by atoms with Gasteiger partial charge in [0.25, 0.3) is 5.91 Å². The highest BCUT2D eigenvalue weighted by Crippen LogP contribution is 2.27. The molecule has 0 saturated heterocycles. The number of hydrogen-bond donors (Lipinski definition) is 0. The molecule has 1 amide bonds. The van der Waals surface area contributed by atoms with Crippen LogP contribution in [0.3, 0.4) is 0 Å². The normalized spacial score (nSPS) is 10.5. The molecule has 0 unspecified atom stereocenters. The minimum atomic E-state index is -0.601. The first-order valence-corrected chi connectivity index (χ1v) is 8.34. The monoisotopic (exact) mass is 369 g/mol. The van der Waals surface area contributed by atoms with E-state index < -0.39 is 5.97 Å². The van der Waals surface area contributed by atoms with E-state index >= 15 is 0 Å². The predicted molar refractivity (Wildman–Crippen MR) is 104 cm³/mol. The van der Waals surface area contributed by atoms with Crippen LogP contribution in [-0.4, -0.2) is 39.8 Å². The minimum Gasteiger partial charge on any atom is -0.493 e. The first-order valence-electron chi connectivity index (χ1n) is 8.34. The van der Waals surface area contributed by atoms with Crippen molar-refractivity contribution in [3.63, 3.8) is 0 Å². The second kappa shape index (κ2) is 9.43. The van der Waals surface area contributed by atoms with Crippen LogP contribution in [0.15, 0.2) is 48.5 Å². The van der Waals surface area contributed by atoms with E-state index in [0.29, 0.717) is 11.5 Å². The standard InChI is InChI=1S/C21H23NO5/c1-15-6-5-7-17(12-15)22(2)20(23)14-27-21(24)11-9-16-8-10-18(25-3)19(13-16)26-4/h5-13H,14H2,1-4H3/b11-9+. The highest BCUT2D eigenvalue weighted by atomic mass is 16.5. The number of ether oxygens (including phenoxy) is 3. The molecule has 0 radical (unpaired) electrons. The summed E-state index contributed by atoms with van der Waals surface area (Å²) in [6.07, 6.45) is 2.85. The number of aryl methyl sites for hydroxylation is 1. The molecule has 0 N–H and O–H groups in total. The summed E-state index contributed by atoms with van der Waals surface area (Å²) in [5.74, 6) is 0.245. The molecule has 6 heteroatoms. The predicted octanol–water partition coefficient (Wildman–Crippen LogP) is 3.23. The van der Waals surface area contributed by atoms with Crippen LogP contribution >= 0.6 is 0 Å². The van der Waals surface area contributed by atoms with Crippen LogP contribution < -0.4 is 14.4 Å². The molecule has 0 spiro atoms. The fraction of sp³-hybridized carbons (Fsp3) is 0.238. The van der Waals surface area contributed by atoms with E-state index in [1.165, 1.54) is 18.1 Å². The highest BCUT2D eigenvalue weighted by molar-refractivity contribution is 5.96. The number of rotatable bonds is 7. The molecule has 0 fully saturated rings. The molecule has 27 heavy (non-hydrogen) atoms. The first-order chi connectivity index (χ1) is 12.9. The van der Waals surface area contributed by atoms with Crippen LogP contribution in [0.2, 0.25) is 0 Å². The number of carbonyl (C=O) groups is 2. The Morgan fingerprint density at radius 3 is 2.44 bits per heavy atom. The maximum atomic E-state index is 12.2. The number of likely N-dealkylation sites (N-methyl/N-ethyl adjacent to an activating group) is 1. The van der Waals surface area contributed by atoms with Gasteiger partial charge in [0, 0.05) is 18.8 Å². The fourth-order valence-corrected chi connectivity index (χ4v) is 2.38. The van der Waals surface area contributed by atoms with Crippen molar-refractivity contribution < 1.29 is 23.8 Å². The Hall–Kier alpha value is -3.28. The quantitative estimate of drug-likeness (QED) is 0.554. The maximum Gasteiger partial charge on any atom is 0.331 e. The number of esters is 1. The fourth-order valence-electron chi connectivity index (χ4n) is 2.38. The molecule has 0 atom stereocenters. The molecule has 0 heterocycles. The zero-order valence-electron chi connectivity index (χ0n) is 15.9. The van der Waals surface area contributed by atoms with E-state index in [-0.39, 0.29) is 12.5 Å². The van der Waals surface area contributed by atoms with E-state index in [1.807, 2.05) is 31.2 Å². The number of anilines is 1. The van der Waals surface area contributed by atoms with E-state index in [4.69, 9.17) is 14.2 Å². The molecular formula is C21H23NO5. The van der Waals surface area contributed by atoms with Gasteiger partial charge in [0.15, 0.2) is 18.1 Å². The molecular weight excluding hydrogens is 346 g/mol. The summed E-state index contributed by atoms with van der Waals surface area (Å²) in [5, 5.41) is 0. The SMILES string of the molecule is COc1ccc(/C=C/C(=O)OCC(=O)N(C)c2cccc(C)c2)cc1OC. The van der Waals surface area contributed by atoms with Gasteiger partial charge in [-0.1, -0.05) is 18.2 Å². The largest absolute Gasteiger partial charge is 0.493 e. The highest BCUT2D eigenvalue weighted by Gasteiger charge is 2.13. The molecule has 0 aliphatic carbocycles. The zero-order valence-corrected chi connectivity index (χ0v) is 15.9. The van der Waals surface area contributed by atoms with Gasteiger partial charge in [-0.15, -0.1) is 0 Å². The number of nitrogens with zero attached hydrogens (tertiary/aromatic N) is 1. The first kappa shape index (κ1) is 20.0. The van der Waals surface area contributed by atoms with Crippen LogP contribution in [0.25, 0.3) is 6.08 Å². The molecule has 2 aromatic rings. The number of carbonyl (C=O) groups excluding carboxylic acids is 2. The number of methoxy groups -OCH3 is 2. The lowest BCUT2D eigenvalue weighted by molar-refractivity contribution is -0.142. The molecule has 2 rings (SSSR count). The second-order valence-electron chi connectivity index (χ2n) is 5.85. The van der Waals surface area contributed by atoms with Crippen molar-refractivity contribution in [2.45, 2.75) is 6.92 Å². The Labute approximate surface area is 159 Å². The Morgan fingerprint density at radius 1 is 1.04 bits per heavy atom. The van der Waals surface area contributed by atoms with Crippen LogP contribution in [0.4, 0.5) is 5.69 Å². The number of benzene rings is 2. The molecule has 0 aromatic heterocycles. The Bertz CT molecular complexity index is 844. The van der Waals surface area contributed by atoms with Crippen molar-refractivity contribution in [3.8, 4) is 11.5 Å². The summed E-state index contributed by atoms with van der Waals surface area (Å²) in [4.78, 5) is 25.5. The van der Waals surface area contributed by atoms with E-state index in [1.54, 1.807) is 38.4 Å². The Balaban J connectivity index is 1.92. The molecule has 6 nitrogen and oxygen atoms in total. The van der Waals surface area contributed by atoms with Crippen LogP contribution in [0.1, 0.15) is 11.1 Å². The molecule has 0 bridgehead atoms. The Morgan fingerprint density at radius 2 is 1.78 bits per heavy atom. The van der Waals surface area contributed by atoms with Gasteiger partial charge in [-0.05, 0) is 48.4 Å². The molecule has 142 valence electrons. The van der Waals surface area contributed by atoms with Crippen molar-refractivity contribution in [2.24, 2.45) is 0 Å². The van der Waals surface area contributed by atoms with Crippen molar-refractivity contribution in [1.29, 1.82) is 0 Å². The third kappa shape index (κ3) is 5.60. The zero-order chi connectivity index (χ0) is 19.8. The molecule has 0 saturated carbocycles. The maximum absolute atomic E-state index is 12.2. The number of hydrogen-bond acceptors (Lipinski definition) is 5. The van der Waals surface area contributed by atoms with Gasteiger partial charge in [0.1, 0.15) is 0 Å². The van der Waals surface area contributed by atoms with Crippen molar-refractivity contribution in [1.82, 2.24) is 0 Å².